The minimum absolute atomic E-state index is 0.240. The van der Waals surface area contributed by atoms with Crippen LogP contribution in [-0.2, 0) is 0 Å². The van der Waals surface area contributed by atoms with Gasteiger partial charge in [0.2, 0.25) is 0 Å². The molecular formula is C22H31FN4O. The normalized spacial score (nSPS) is 21.9. The van der Waals surface area contributed by atoms with E-state index in [1.807, 2.05) is 6.92 Å². The number of aromatic amines is 1. The van der Waals surface area contributed by atoms with Crippen molar-refractivity contribution in [3.05, 3.63) is 45.9 Å². The first-order chi connectivity index (χ1) is 13.6. The number of H-pyrrole nitrogens is 1. The number of nitrogens with zero attached hydrogens (tertiary/aromatic N) is 3. The smallest absolute Gasteiger partial charge is 0.303 e. The lowest BCUT2D eigenvalue weighted by molar-refractivity contribution is 0.182. The van der Waals surface area contributed by atoms with Crippen LogP contribution >= 0.6 is 0 Å². The first kappa shape index (κ1) is 19.4. The fraction of sp³-hybridized carbons (Fsp3) is 0.636. The van der Waals surface area contributed by atoms with Gasteiger partial charge < -0.3 is 4.90 Å². The number of aromatic nitrogens is 3. The van der Waals surface area contributed by atoms with E-state index in [-0.39, 0.29) is 17.4 Å². The summed E-state index contributed by atoms with van der Waals surface area (Å²) in [6.45, 7) is 5.05. The highest BCUT2D eigenvalue weighted by Gasteiger charge is 2.25. The van der Waals surface area contributed by atoms with Gasteiger partial charge in [0.05, 0.1) is 5.69 Å². The first-order valence-electron chi connectivity index (χ1n) is 10.8. The Morgan fingerprint density at radius 2 is 1.96 bits per heavy atom. The van der Waals surface area contributed by atoms with Crippen LogP contribution in [0.2, 0.25) is 0 Å². The minimum Gasteiger partial charge on any atom is -0.303 e. The van der Waals surface area contributed by atoms with Gasteiger partial charge in [-0.3, -0.25) is 4.98 Å². The molecular weight excluding hydrogens is 355 g/mol. The second kappa shape index (κ2) is 8.60. The van der Waals surface area contributed by atoms with Crippen LogP contribution in [0.15, 0.2) is 23.0 Å². The number of likely N-dealkylation sites (tertiary alicyclic amines) is 1. The summed E-state index contributed by atoms with van der Waals surface area (Å²) in [4.78, 5) is 17.9. The Bertz CT molecular complexity index is 832. The predicted octanol–water partition coefficient (Wildman–Crippen LogP) is 4.16. The Hall–Kier alpha value is -1.95. The molecule has 5 nitrogen and oxygen atoms in total. The average molecular weight is 387 g/mol. The van der Waals surface area contributed by atoms with E-state index >= 15 is 0 Å². The molecule has 0 spiro atoms. The van der Waals surface area contributed by atoms with Crippen molar-refractivity contribution in [1.29, 1.82) is 0 Å². The maximum absolute atomic E-state index is 13.7. The number of rotatable bonds is 5. The summed E-state index contributed by atoms with van der Waals surface area (Å²) in [6.07, 6.45) is 10.4. The number of hydrogen-bond acceptors (Lipinski definition) is 3. The third-order valence-electron chi connectivity index (χ3n) is 6.38. The quantitative estimate of drug-likeness (QED) is 0.840. The molecule has 4 rings (SSSR count). The monoisotopic (exact) mass is 386 g/mol. The highest BCUT2D eigenvalue weighted by atomic mass is 19.1. The second-order valence-corrected chi connectivity index (χ2v) is 8.65. The molecule has 0 radical (unpaired) electrons. The van der Waals surface area contributed by atoms with Crippen molar-refractivity contribution >= 4 is 0 Å². The van der Waals surface area contributed by atoms with Crippen molar-refractivity contribution in [1.82, 2.24) is 19.7 Å². The van der Waals surface area contributed by atoms with Gasteiger partial charge in [-0.05, 0) is 69.0 Å². The van der Waals surface area contributed by atoms with Crippen LogP contribution in [0.4, 0.5) is 4.39 Å². The Kier molecular flexibility index (Phi) is 5.95. The zero-order valence-corrected chi connectivity index (χ0v) is 16.8. The van der Waals surface area contributed by atoms with Crippen LogP contribution in [0, 0.1) is 18.7 Å². The summed E-state index contributed by atoms with van der Waals surface area (Å²) in [7, 11) is 0. The molecule has 1 saturated heterocycles. The van der Waals surface area contributed by atoms with Crippen LogP contribution < -0.4 is 5.69 Å². The molecule has 1 aromatic heterocycles. The summed E-state index contributed by atoms with van der Waals surface area (Å²) >= 11 is 0. The van der Waals surface area contributed by atoms with Gasteiger partial charge in [0.1, 0.15) is 11.6 Å². The summed E-state index contributed by atoms with van der Waals surface area (Å²) in [6, 6.07) is 4.59. The fourth-order valence-corrected chi connectivity index (χ4v) is 4.86. The lowest BCUT2D eigenvalue weighted by atomic mass is 9.86. The van der Waals surface area contributed by atoms with Gasteiger partial charge in [0.25, 0.3) is 0 Å². The molecule has 152 valence electrons. The average Bonchev–Trinajstić information content (AvgIpc) is 3.08. The van der Waals surface area contributed by atoms with E-state index in [1.165, 1.54) is 55.3 Å². The maximum Gasteiger partial charge on any atom is 0.348 e. The molecule has 28 heavy (non-hydrogen) atoms. The number of piperidine rings is 1. The second-order valence-electron chi connectivity index (χ2n) is 8.65. The number of nitrogens with one attached hydrogen (secondary N) is 1. The summed E-state index contributed by atoms with van der Waals surface area (Å²) in [5, 5.41) is 4.53. The number of hydrogen-bond donors (Lipinski definition) is 1. The van der Waals surface area contributed by atoms with Gasteiger partial charge >= 0.3 is 5.69 Å². The molecule has 0 bridgehead atoms. The van der Waals surface area contributed by atoms with Crippen LogP contribution in [0.5, 0.6) is 0 Å². The molecule has 1 aliphatic carbocycles. The third-order valence-corrected chi connectivity index (χ3v) is 6.38. The molecule has 0 amide bonds. The lowest BCUT2D eigenvalue weighted by Gasteiger charge is -2.33. The predicted molar refractivity (Wildman–Crippen MR) is 108 cm³/mol. The third kappa shape index (κ3) is 4.54. The Balaban J connectivity index is 1.43. The van der Waals surface area contributed by atoms with Gasteiger partial charge in [-0.15, -0.1) is 5.10 Å². The molecule has 0 unspecified atom stereocenters. The zero-order valence-electron chi connectivity index (χ0n) is 16.8. The molecule has 2 heterocycles. The van der Waals surface area contributed by atoms with Crippen LogP contribution in [0.3, 0.4) is 0 Å². The Morgan fingerprint density at radius 1 is 1.14 bits per heavy atom. The van der Waals surface area contributed by atoms with E-state index in [9.17, 15) is 9.18 Å². The summed E-state index contributed by atoms with van der Waals surface area (Å²) in [5.74, 6) is 1.51. The number of benzene rings is 1. The van der Waals surface area contributed by atoms with Gasteiger partial charge in [0, 0.05) is 12.5 Å². The van der Waals surface area contributed by atoms with Crippen molar-refractivity contribution < 1.29 is 4.39 Å². The molecule has 2 aromatic rings. The topological polar surface area (TPSA) is 53.9 Å². The summed E-state index contributed by atoms with van der Waals surface area (Å²) in [5.41, 5.74) is 0.965. The molecule has 2 fully saturated rings. The van der Waals surface area contributed by atoms with E-state index in [0.717, 1.165) is 49.8 Å². The van der Waals surface area contributed by atoms with Crippen molar-refractivity contribution in [3.63, 3.8) is 0 Å². The molecule has 6 heteroatoms. The maximum atomic E-state index is 13.7. The van der Waals surface area contributed by atoms with E-state index < -0.39 is 0 Å². The number of halogens is 1. The molecule has 1 atom stereocenters. The van der Waals surface area contributed by atoms with Crippen molar-refractivity contribution in [2.24, 2.45) is 5.92 Å². The molecule has 1 saturated carbocycles. The van der Waals surface area contributed by atoms with Gasteiger partial charge in [0.15, 0.2) is 0 Å². The molecule has 2 aliphatic rings. The minimum atomic E-state index is -0.349. The van der Waals surface area contributed by atoms with Crippen LogP contribution in [-0.4, -0.2) is 39.3 Å². The fourth-order valence-electron chi connectivity index (χ4n) is 4.86. The van der Waals surface area contributed by atoms with Crippen molar-refractivity contribution in [2.75, 3.05) is 19.6 Å². The molecule has 1 N–H and O–H groups in total. The van der Waals surface area contributed by atoms with Crippen molar-refractivity contribution in [2.45, 2.75) is 64.2 Å². The number of aryl methyl sites for hydroxylation is 1. The largest absolute Gasteiger partial charge is 0.348 e. The van der Waals surface area contributed by atoms with Gasteiger partial charge in [-0.2, -0.15) is 4.68 Å². The molecule has 1 aliphatic heterocycles. The SMILES string of the molecule is Cc1cc(F)cc(-n2nc([C@H]3CCCN(CCC4CCCCC4)C3)[nH]c2=O)c1. The summed E-state index contributed by atoms with van der Waals surface area (Å²) < 4.78 is 15.0. The van der Waals surface area contributed by atoms with E-state index in [2.05, 4.69) is 15.0 Å². The Morgan fingerprint density at radius 3 is 2.75 bits per heavy atom. The highest BCUT2D eigenvalue weighted by molar-refractivity contribution is 5.35. The highest BCUT2D eigenvalue weighted by Crippen LogP contribution is 2.28. The van der Waals surface area contributed by atoms with Crippen LogP contribution in [0.25, 0.3) is 5.69 Å². The standard InChI is InChI=1S/C22H31FN4O/c1-16-12-19(23)14-20(13-16)27-22(28)24-21(25-27)18-8-5-10-26(15-18)11-9-17-6-3-2-4-7-17/h12-14,17-18H,2-11,15H2,1H3,(H,24,25,28)/t18-/m0/s1. The first-order valence-corrected chi connectivity index (χ1v) is 10.8. The van der Waals surface area contributed by atoms with Gasteiger partial charge in [-0.1, -0.05) is 32.1 Å². The van der Waals surface area contributed by atoms with Crippen molar-refractivity contribution in [3.8, 4) is 5.69 Å². The Labute approximate surface area is 165 Å². The van der Waals surface area contributed by atoms with E-state index in [0.29, 0.717) is 5.69 Å². The lowest BCUT2D eigenvalue weighted by Crippen LogP contribution is -2.36. The van der Waals surface area contributed by atoms with E-state index in [4.69, 9.17) is 0 Å². The van der Waals surface area contributed by atoms with E-state index in [1.54, 1.807) is 6.07 Å². The molecule has 1 aromatic carbocycles. The zero-order chi connectivity index (χ0) is 19.5. The van der Waals surface area contributed by atoms with Gasteiger partial charge in [-0.25, -0.2) is 9.18 Å². The van der Waals surface area contributed by atoms with Crippen LogP contribution in [0.1, 0.15) is 68.7 Å².